The lowest BCUT2D eigenvalue weighted by atomic mass is 10.1. The summed E-state index contributed by atoms with van der Waals surface area (Å²) in [5, 5.41) is 0. The maximum absolute atomic E-state index is 12.7. The van der Waals surface area contributed by atoms with Crippen molar-refractivity contribution in [1.82, 2.24) is 0 Å². The van der Waals surface area contributed by atoms with Crippen LogP contribution in [0.5, 0.6) is 11.5 Å². The Balaban J connectivity index is 1.64. The van der Waals surface area contributed by atoms with E-state index in [1.54, 1.807) is 30.3 Å². The van der Waals surface area contributed by atoms with Gasteiger partial charge in [-0.1, -0.05) is 36.4 Å². The monoisotopic (exact) mass is 636 g/mol. The highest BCUT2D eigenvalue weighted by Crippen LogP contribution is 2.36. The number of fused-ring (bicyclic) bond motifs is 1. The predicted octanol–water partition coefficient (Wildman–Crippen LogP) is 6.34. The van der Waals surface area contributed by atoms with E-state index in [-0.39, 0.29) is 17.1 Å². The van der Waals surface area contributed by atoms with Crippen molar-refractivity contribution in [3.8, 4) is 11.5 Å². The van der Waals surface area contributed by atoms with Crippen LogP contribution in [-0.2, 0) is 6.61 Å². The summed E-state index contributed by atoms with van der Waals surface area (Å²) in [4.78, 5) is 25.4. The minimum Gasteiger partial charge on any atom is -0.490 e. The van der Waals surface area contributed by atoms with Crippen molar-refractivity contribution in [3.63, 3.8) is 0 Å². The lowest BCUT2D eigenvalue weighted by Crippen LogP contribution is -2.03. The molecule has 3 aromatic rings. The summed E-state index contributed by atoms with van der Waals surface area (Å²) in [6.07, 6.45) is 1.64. The number of hydrogen-bond donors (Lipinski definition) is 0. The maximum atomic E-state index is 12.7. The highest BCUT2D eigenvalue weighted by molar-refractivity contribution is 14.1. The number of Topliss-reactive ketones (excluding diaryl/α,β-unsaturated/α-hetero) is 2. The molecule has 0 aromatic heterocycles. The van der Waals surface area contributed by atoms with Crippen LogP contribution in [0.2, 0.25) is 0 Å². The number of rotatable bonds is 6. The minimum atomic E-state index is -0.243. The zero-order chi connectivity index (χ0) is 22.0. The highest BCUT2D eigenvalue weighted by atomic mass is 127. The molecule has 0 spiro atoms. The molecule has 0 bridgehead atoms. The summed E-state index contributed by atoms with van der Waals surface area (Å²) < 4.78 is 13.9. The van der Waals surface area contributed by atoms with E-state index in [0.717, 1.165) is 14.7 Å². The fourth-order valence-corrected chi connectivity index (χ4v) is 4.52. The van der Waals surface area contributed by atoms with Crippen LogP contribution in [0, 0.1) is 7.14 Å². The molecule has 0 atom stereocenters. The van der Waals surface area contributed by atoms with Crippen LogP contribution >= 0.6 is 45.2 Å². The number of ether oxygens (including phenoxy) is 2. The van der Waals surface area contributed by atoms with Crippen LogP contribution in [0.4, 0.5) is 0 Å². The standard InChI is InChI=1S/C25H18I2O4/c1-2-30-22-13-16(11-20-23(28)18-5-3-4-6-19(18)24(20)29)12-21(27)25(22)31-14-15-7-9-17(26)10-8-15/h3-13H,2,14H2,1H3. The maximum Gasteiger partial charge on any atom is 0.197 e. The van der Waals surface area contributed by atoms with Gasteiger partial charge in [-0.2, -0.15) is 0 Å². The third-order valence-electron chi connectivity index (χ3n) is 4.84. The van der Waals surface area contributed by atoms with E-state index in [9.17, 15) is 9.59 Å². The van der Waals surface area contributed by atoms with Crippen LogP contribution in [0.25, 0.3) is 6.08 Å². The van der Waals surface area contributed by atoms with Crippen LogP contribution < -0.4 is 9.47 Å². The molecule has 0 unspecified atom stereocenters. The van der Waals surface area contributed by atoms with Gasteiger partial charge in [-0.15, -0.1) is 0 Å². The first-order chi connectivity index (χ1) is 15.0. The Morgan fingerprint density at radius 1 is 0.871 bits per heavy atom. The molecule has 31 heavy (non-hydrogen) atoms. The number of ketones is 2. The van der Waals surface area contributed by atoms with E-state index in [4.69, 9.17) is 9.47 Å². The largest absolute Gasteiger partial charge is 0.490 e. The van der Waals surface area contributed by atoms with Gasteiger partial charge in [0, 0.05) is 14.7 Å². The van der Waals surface area contributed by atoms with Crippen molar-refractivity contribution in [2.75, 3.05) is 6.61 Å². The molecular formula is C25H18I2O4. The number of halogens is 2. The summed E-state index contributed by atoms with van der Waals surface area (Å²) in [5.41, 5.74) is 2.86. The lowest BCUT2D eigenvalue weighted by Gasteiger charge is -2.15. The summed E-state index contributed by atoms with van der Waals surface area (Å²) in [7, 11) is 0. The van der Waals surface area contributed by atoms with Crippen LogP contribution in [0.1, 0.15) is 38.8 Å². The lowest BCUT2D eigenvalue weighted by molar-refractivity contribution is 0.0990. The molecule has 0 amide bonds. The van der Waals surface area contributed by atoms with Gasteiger partial charge in [-0.25, -0.2) is 0 Å². The predicted molar refractivity (Wildman–Crippen MR) is 137 cm³/mol. The van der Waals surface area contributed by atoms with Crippen molar-refractivity contribution in [2.45, 2.75) is 13.5 Å². The molecule has 3 aromatic carbocycles. The quantitative estimate of drug-likeness (QED) is 0.180. The Labute approximate surface area is 207 Å². The van der Waals surface area contributed by atoms with Crippen molar-refractivity contribution in [1.29, 1.82) is 0 Å². The Kier molecular flexibility index (Phi) is 6.76. The number of benzene rings is 3. The van der Waals surface area contributed by atoms with Crippen LogP contribution in [-0.4, -0.2) is 18.2 Å². The minimum absolute atomic E-state index is 0.173. The molecule has 0 saturated carbocycles. The first-order valence-corrected chi connectivity index (χ1v) is 11.9. The van der Waals surface area contributed by atoms with Crippen LogP contribution in [0.3, 0.4) is 0 Å². The smallest absolute Gasteiger partial charge is 0.197 e. The Bertz CT molecular complexity index is 1160. The van der Waals surface area contributed by atoms with Gasteiger partial charge in [0.25, 0.3) is 0 Å². The van der Waals surface area contributed by atoms with E-state index in [1.807, 2.05) is 43.3 Å². The zero-order valence-corrected chi connectivity index (χ0v) is 21.0. The first-order valence-electron chi connectivity index (χ1n) is 9.71. The molecule has 0 heterocycles. The molecule has 4 rings (SSSR count). The number of carbonyl (C=O) groups excluding carboxylic acids is 2. The van der Waals surface area contributed by atoms with E-state index in [0.29, 0.717) is 35.8 Å². The fraction of sp³-hybridized carbons (Fsp3) is 0.120. The van der Waals surface area contributed by atoms with Gasteiger partial charge in [-0.3, -0.25) is 9.59 Å². The number of allylic oxidation sites excluding steroid dienone is 1. The second-order valence-corrected chi connectivity index (χ2v) is 9.35. The van der Waals surface area contributed by atoms with E-state index >= 15 is 0 Å². The number of carbonyl (C=O) groups is 2. The van der Waals surface area contributed by atoms with Crippen molar-refractivity contribution >= 4 is 62.8 Å². The highest BCUT2D eigenvalue weighted by Gasteiger charge is 2.32. The normalized spacial score (nSPS) is 12.7. The molecule has 0 aliphatic heterocycles. The van der Waals surface area contributed by atoms with Gasteiger partial charge in [0.15, 0.2) is 23.1 Å². The van der Waals surface area contributed by atoms with Crippen LogP contribution in [0.15, 0.2) is 66.2 Å². The molecule has 6 heteroatoms. The first kappa shape index (κ1) is 22.0. The van der Waals surface area contributed by atoms with Crippen molar-refractivity contribution in [3.05, 3.63) is 95.6 Å². The molecule has 0 N–H and O–H groups in total. The zero-order valence-electron chi connectivity index (χ0n) is 16.7. The molecule has 156 valence electrons. The third-order valence-corrected chi connectivity index (χ3v) is 6.37. The Morgan fingerprint density at radius 3 is 2.13 bits per heavy atom. The molecule has 1 aliphatic carbocycles. The van der Waals surface area contributed by atoms with Crippen molar-refractivity contribution in [2.24, 2.45) is 0 Å². The summed E-state index contributed by atoms with van der Waals surface area (Å²) in [6.45, 7) is 2.79. The Hall–Kier alpha value is -2.20. The Morgan fingerprint density at radius 2 is 1.52 bits per heavy atom. The van der Waals surface area contributed by atoms with Gasteiger partial charge in [0.05, 0.1) is 15.8 Å². The second kappa shape index (κ2) is 9.52. The molecule has 4 nitrogen and oxygen atoms in total. The summed E-state index contributed by atoms with van der Waals surface area (Å²) in [6, 6.07) is 18.7. The average Bonchev–Trinajstić information content (AvgIpc) is 3.00. The van der Waals surface area contributed by atoms with Gasteiger partial charge in [0.2, 0.25) is 0 Å². The van der Waals surface area contributed by atoms with Gasteiger partial charge < -0.3 is 9.47 Å². The topological polar surface area (TPSA) is 52.6 Å². The molecular weight excluding hydrogens is 618 g/mol. The molecule has 0 saturated heterocycles. The fourth-order valence-electron chi connectivity index (χ4n) is 3.38. The third kappa shape index (κ3) is 4.69. The SMILES string of the molecule is CCOc1cc(C=C2C(=O)c3ccccc3C2=O)cc(I)c1OCc1ccc(I)cc1. The van der Waals surface area contributed by atoms with E-state index < -0.39 is 0 Å². The van der Waals surface area contributed by atoms with Crippen molar-refractivity contribution < 1.29 is 19.1 Å². The van der Waals surface area contributed by atoms with E-state index in [2.05, 4.69) is 45.2 Å². The number of hydrogen-bond acceptors (Lipinski definition) is 4. The van der Waals surface area contributed by atoms with Gasteiger partial charge in [-0.05, 0) is 93.6 Å². The average molecular weight is 636 g/mol. The molecule has 0 fully saturated rings. The molecule has 1 aliphatic rings. The van der Waals surface area contributed by atoms with E-state index in [1.165, 1.54) is 3.57 Å². The second-order valence-electron chi connectivity index (χ2n) is 6.94. The summed E-state index contributed by atoms with van der Waals surface area (Å²) in [5.74, 6) is 0.748. The van der Waals surface area contributed by atoms with Gasteiger partial charge >= 0.3 is 0 Å². The molecule has 0 radical (unpaired) electrons. The summed E-state index contributed by atoms with van der Waals surface area (Å²) >= 11 is 4.46. The van der Waals surface area contributed by atoms with Gasteiger partial charge in [0.1, 0.15) is 6.61 Å².